The number of aryl methyl sites for hydroxylation is 2. The van der Waals surface area contributed by atoms with Crippen LogP contribution in [0.5, 0.6) is 0 Å². The van der Waals surface area contributed by atoms with Crippen molar-refractivity contribution in [2.45, 2.75) is 13.8 Å². The summed E-state index contributed by atoms with van der Waals surface area (Å²) in [5.74, 6) is -0.142. The minimum absolute atomic E-state index is 0.0174. The molecule has 2 heterocycles. The Morgan fingerprint density at radius 1 is 1.13 bits per heavy atom. The van der Waals surface area contributed by atoms with E-state index in [-0.39, 0.29) is 17.3 Å². The highest BCUT2D eigenvalue weighted by Gasteiger charge is 2.20. The monoisotopic (exact) mass is 332 g/mol. The topological polar surface area (TPSA) is 95.6 Å². The zero-order valence-electron chi connectivity index (χ0n) is 12.5. The molecule has 0 aliphatic carbocycles. The Hall–Kier alpha value is -2.67. The first-order valence-electron chi connectivity index (χ1n) is 6.79. The van der Waals surface area contributed by atoms with Crippen LogP contribution in [0.3, 0.4) is 0 Å². The van der Waals surface area contributed by atoms with Crippen LogP contribution in [0, 0.1) is 19.7 Å². The number of nitrogens with zero attached hydrogens (tertiary/aromatic N) is 4. The first-order valence-corrected chi connectivity index (χ1v) is 7.16. The van der Waals surface area contributed by atoms with Gasteiger partial charge in [-0.1, -0.05) is 11.6 Å². The summed E-state index contributed by atoms with van der Waals surface area (Å²) in [4.78, 5) is 8.14. The van der Waals surface area contributed by atoms with Gasteiger partial charge in [0.1, 0.15) is 11.6 Å². The maximum absolute atomic E-state index is 14.3. The fourth-order valence-electron chi connectivity index (χ4n) is 2.43. The van der Waals surface area contributed by atoms with Crippen LogP contribution in [0.4, 0.5) is 16.2 Å². The van der Waals surface area contributed by atoms with Crippen LogP contribution in [0.2, 0.25) is 5.02 Å². The lowest BCUT2D eigenvalue weighted by atomic mass is 10.1. The van der Waals surface area contributed by atoms with Gasteiger partial charge < -0.3 is 11.5 Å². The number of hydrogen-bond donors (Lipinski definition) is 2. The smallest absolute Gasteiger partial charge is 0.224 e. The lowest BCUT2D eigenvalue weighted by Crippen LogP contribution is -2.11. The summed E-state index contributed by atoms with van der Waals surface area (Å²) in [5, 5.41) is 4.73. The standard InChI is InChI=1S/C15H14ClFN6/c1-7-5-8(2)23(22-7)14-12(13(18)20-15(19)21-14)10-6-9(16)3-4-11(10)17/h3-6H,1-2H3,(H4,18,19,20,21). The second kappa shape index (κ2) is 5.51. The summed E-state index contributed by atoms with van der Waals surface area (Å²) in [6.07, 6.45) is 0. The Bertz CT molecular complexity index is 905. The molecule has 0 radical (unpaired) electrons. The summed E-state index contributed by atoms with van der Waals surface area (Å²) in [6.45, 7) is 3.70. The molecule has 8 heteroatoms. The van der Waals surface area contributed by atoms with E-state index in [4.69, 9.17) is 23.1 Å². The summed E-state index contributed by atoms with van der Waals surface area (Å²) in [7, 11) is 0. The highest BCUT2D eigenvalue weighted by Crippen LogP contribution is 2.34. The molecule has 2 aromatic heterocycles. The molecule has 0 fully saturated rings. The number of nitrogen functional groups attached to an aromatic ring is 2. The zero-order chi connectivity index (χ0) is 16.7. The quantitative estimate of drug-likeness (QED) is 0.752. The van der Waals surface area contributed by atoms with E-state index in [1.54, 1.807) is 4.68 Å². The van der Waals surface area contributed by atoms with Crippen molar-refractivity contribution in [1.82, 2.24) is 19.7 Å². The van der Waals surface area contributed by atoms with Gasteiger partial charge in [-0.05, 0) is 38.1 Å². The minimum atomic E-state index is -0.489. The lowest BCUT2D eigenvalue weighted by molar-refractivity contribution is 0.631. The van der Waals surface area contributed by atoms with Crippen molar-refractivity contribution in [2.75, 3.05) is 11.5 Å². The van der Waals surface area contributed by atoms with E-state index < -0.39 is 5.82 Å². The summed E-state index contributed by atoms with van der Waals surface area (Å²) in [6, 6.07) is 6.06. The van der Waals surface area contributed by atoms with Crippen molar-refractivity contribution in [3.05, 3.63) is 46.5 Å². The van der Waals surface area contributed by atoms with Crippen molar-refractivity contribution in [3.63, 3.8) is 0 Å². The fraction of sp³-hybridized carbons (Fsp3) is 0.133. The fourth-order valence-corrected chi connectivity index (χ4v) is 2.60. The van der Waals surface area contributed by atoms with Gasteiger partial charge in [-0.2, -0.15) is 15.1 Å². The third-order valence-electron chi connectivity index (χ3n) is 3.34. The third-order valence-corrected chi connectivity index (χ3v) is 3.58. The Morgan fingerprint density at radius 2 is 1.87 bits per heavy atom. The van der Waals surface area contributed by atoms with Gasteiger partial charge in [0.2, 0.25) is 5.95 Å². The van der Waals surface area contributed by atoms with E-state index in [1.807, 2.05) is 19.9 Å². The molecule has 0 aliphatic rings. The van der Waals surface area contributed by atoms with Gasteiger partial charge in [0, 0.05) is 16.3 Å². The van der Waals surface area contributed by atoms with Gasteiger partial charge in [0.25, 0.3) is 0 Å². The van der Waals surface area contributed by atoms with Gasteiger partial charge >= 0.3 is 0 Å². The van der Waals surface area contributed by atoms with Crippen molar-refractivity contribution < 1.29 is 4.39 Å². The SMILES string of the molecule is Cc1cc(C)n(-c2nc(N)nc(N)c2-c2cc(Cl)ccc2F)n1. The molecule has 0 spiro atoms. The molecule has 0 amide bonds. The Labute approximate surface area is 136 Å². The van der Waals surface area contributed by atoms with Crippen LogP contribution < -0.4 is 11.5 Å². The predicted octanol–water partition coefficient (Wildman–Crippen LogP) is 2.90. The highest BCUT2D eigenvalue weighted by molar-refractivity contribution is 6.30. The number of halogens is 2. The normalized spacial score (nSPS) is 11.0. The minimum Gasteiger partial charge on any atom is -0.383 e. The molecule has 0 aliphatic heterocycles. The van der Waals surface area contributed by atoms with E-state index in [2.05, 4.69) is 15.1 Å². The summed E-state index contributed by atoms with van der Waals surface area (Å²) >= 11 is 5.99. The lowest BCUT2D eigenvalue weighted by Gasteiger charge is -2.14. The van der Waals surface area contributed by atoms with E-state index in [0.29, 0.717) is 16.4 Å². The van der Waals surface area contributed by atoms with Crippen LogP contribution in [0.25, 0.3) is 16.9 Å². The van der Waals surface area contributed by atoms with E-state index in [1.165, 1.54) is 18.2 Å². The molecule has 0 atom stereocenters. The average molecular weight is 333 g/mol. The van der Waals surface area contributed by atoms with Crippen molar-refractivity contribution in [1.29, 1.82) is 0 Å². The summed E-state index contributed by atoms with van der Waals surface area (Å²) in [5.41, 5.74) is 13.8. The van der Waals surface area contributed by atoms with Gasteiger partial charge in [-0.25, -0.2) is 9.07 Å². The van der Waals surface area contributed by atoms with Crippen LogP contribution in [0.1, 0.15) is 11.4 Å². The molecule has 3 rings (SSSR count). The molecular formula is C15H14ClFN6. The van der Waals surface area contributed by atoms with Gasteiger partial charge in [0.05, 0.1) is 11.3 Å². The van der Waals surface area contributed by atoms with Gasteiger partial charge in [-0.3, -0.25) is 0 Å². The number of benzene rings is 1. The van der Waals surface area contributed by atoms with E-state index in [0.717, 1.165) is 11.4 Å². The van der Waals surface area contributed by atoms with Crippen molar-refractivity contribution >= 4 is 23.4 Å². The predicted molar refractivity (Wildman–Crippen MR) is 87.9 cm³/mol. The van der Waals surface area contributed by atoms with E-state index >= 15 is 0 Å². The Morgan fingerprint density at radius 3 is 2.52 bits per heavy atom. The maximum Gasteiger partial charge on any atom is 0.224 e. The van der Waals surface area contributed by atoms with Crippen molar-refractivity contribution in [2.24, 2.45) is 0 Å². The molecule has 1 aromatic carbocycles. The van der Waals surface area contributed by atoms with Gasteiger partial charge in [0.15, 0.2) is 5.82 Å². The molecule has 4 N–H and O–H groups in total. The molecule has 0 saturated carbocycles. The highest BCUT2D eigenvalue weighted by atomic mass is 35.5. The maximum atomic E-state index is 14.3. The second-order valence-corrected chi connectivity index (χ2v) is 5.57. The first kappa shape index (κ1) is 15.2. The molecule has 6 nitrogen and oxygen atoms in total. The van der Waals surface area contributed by atoms with Gasteiger partial charge in [-0.15, -0.1) is 0 Å². The number of anilines is 2. The third kappa shape index (κ3) is 2.70. The molecule has 0 unspecified atom stereocenters. The molecule has 23 heavy (non-hydrogen) atoms. The molecule has 118 valence electrons. The molecule has 0 saturated heterocycles. The number of rotatable bonds is 2. The Kier molecular flexibility index (Phi) is 3.65. The van der Waals surface area contributed by atoms with Crippen molar-refractivity contribution in [3.8, 4) is 16.9 Å². The van der Waals surface area contributed by atoms with Crippen LogP contribution in [-0.4, -0.2) is 19.7 Å². The largest absolute Gasteiger partial charge is 0.383 e. The van der Waals surface area contributed by atoms with Crippen LogP contribution >= 0.6 is 11.6 Å². The number of nitrogens with two attached hydrogens (primary N) is 2. The number of hydrogen-bond acceptors (Lipinski definition) is 5. The van der Waals surface area contributed by atoms with E-state index in [9.17, 15) is 4.39 Å². The number of aromatic nitrogens is 4. The summed E-state index contributed by atoms with van der Waals surface area (Å²) < 4.78 is 15.9. The molecule has 3 aromatic rings. The second-order valence-electron chi connectivity index (χ2n) is 5.13. The average Bonchev–Trinajstić information content (AvgIpc) is 2.80. The molecular weight excluding hydrogens is 319 g/mol. The van der Waals surface area contributed by atoms with Crippen LogP contribution in [0.15, 0.2) is 24.3 Å². The van der Waals surface area contributed by atoms with Crippen LogP contribution in [-0.2, 0) is 0 Å². The Balaban J connectivity index is 2.37. The zero-order valence-corrected chi connectivity index (χ0v) is 13.3. The molecule has 0 bridgehead atoms. The first-order chi connectivity index (χ1) is 10.9.